The van der Waals surface area contributed by atoms with E-state index in [9.17, 15) is 17.6 Å². The van der Waals surface area contributed by atoms with Crippen LogP contribution in [0.3, 0.4) is 0 Å². The van der Waals surface area contributed by atoms with Crippen LogP contribution >= 0.6 is 0 Å². The van der Waals surface area contributed by atoms with E-state index in [1.165, 1.54) is 37.7 Å². The zero-order chi connectivity index (χ0) is 24.8. The second-order valence-electron chi connectivity index (χ2n) is 9.18. The number of aryl methyl sites for hydroxylation is 1. The Bertz CT molecular complexity index is 1250. The number of halogens is 4. The van der Waals surface area contributed by atoms with E-state index in [0.29, 0.717) is 5.56 Å². The molecule has 35 heavy (non-hydrogen) atoms. The van der Waals surface area contributed by atoms with Crippen molar-refractivity contribution in [2.24, 2.45) is 11.8 Å². The van der Waals surface area contributed by atoms with Gasteiger partial charge in [-0.15, -0.1) is 6.58 Å². The van der Waals surface area contributed by atoms with Crippen molar-refractivity contribution in [3.05, 3.63) is 89.5 Å². The van der Waals surface area contributed by atoms with Gasteiger partial charge in [-0.3, -0.25) is 0 Å². The molecule has 0 N–H and O–H groups in total. The summed E-state index contributed by atoms with van der Waals surface area (Å²) in [6.07, 6.45) is 10.5. The normalized spacial score (nSPS) is 17.7. The van der Waals surface area contributed by atoms with Gasteiger partial charge < -0.3 is 4.74 Å². The maximum absolute atomic E-state index is 14.3. The molecule has 0 aromatic heterocycles. The third-order valence-corrected chi connectivity index (χ3v) is 6.85. The van der Waals surface area contributed by atoms with Crippen molar-refractivity contribution < 1.29 is 22.3 Å². The van der Waals surface area contributed by atoms with Crippen LogP contribution in [0.4, 0.5) is 17.6 Å². The lowest BCUT2D eigenvalue weighted by atomic mass is 9.78. The molecule has 1 saturated carbocycles. The average molecular weight is 481 g/mol. The molecule has 0 bridgehead atoms. The zero-order valence-corrected chi connectivity index (χ0v) is 19.5. The van der Waals surface area contributed by atoms with Crippen LogP contribution in [-0.4, -0.2) is 6.61 Å². The fourth-order valence-electron chi connectivity index (χ4n) is 4.91. The Morgan fingerprint density at radius 1 is 0.914 bits per heavy atom. The maximum Gasteiger partial charge on any atom is 0.387 e. The van der Waals surface area contributed by atoms with Gasteiger partial charge in [0.05, 0.1) is 5.56 Å². The van der Waals surface area contributed by atoms with Crippen LogP contribution in [0.25, 0.3) is 10.8 Å². The first-order valence-electron chi connectivity index (χ1n) is 12.0. The molecule has 0 spiro atoms. The fraction of sp³-hybridized carbons (Fsp3) is 0.333. The predicted molar refractivity (Wildman–Crippen MR) is 132 cm³/mol. The Kier molecular flexibility index (Phi) is 8.13. The summed E-state index contributed by atoms with van der Waals surface area (Å²) >= 11 is 0. The van der Waals surface area contributed by atoms with E-state index in [-0.39, 0.29) is 5.56 Å². The minimum atomic E-state index is -3.24. The van der Waals surface area contributed by atoms with Crippen LogP contribution in [0, 0.1) is 35.3 Å². The van der Waals surface area contributed by atoms with Crippen molar-refractivity contribution in [3.63, 3.8) is 0 Å². The van der Waals surface area contributed by atoms with Crippen molar-refractivity contribution >= 4 is 10.8 Å². The highest BCUT2D eigenvalue weighted by molar-refractivity contribution is 5.88. The number of benzene rings is 3. The summed E-state index contributed by atoms with van der Waals surface area (Å²) in [6, 6.07) is 14.1. The molecule has 3 aromatic rings. The molecule has 0 saturated heterocycles. The first-order valence-corrected chi connectivity index (χ1v) is 12.0. The van der Waals surface area contributed by atoms with E-state index in [4.69, 9.17) is 0 Å². The van der Waals surface area contributed by atoms with E-state index in [0.717, 1.165) is 47.6 Å². The second-order valence-corrected chi connectivity index (χ2v) is 9.18. The molecule has 5 heteroatoms. The molecule has 0 amide bonds. The van der Waals surface area contributed by atoms with Gasteiger partial charge in [0.25, 0.3) is 0 Å². The minimum absolute atomic E-state index is 0.222. The monoisotopic (exact) mass is 480 g/mol. The number of allylic oxidation sites excluding steroid dienone is 1. The van der Waals surface area contributed by atoms with Gasteiger partial charge in [0, 0.05) is 5.56 Å². The van der Waals surface area contributed by atoms with Crippen LogP contribution in [0.1, 0.15) is 55.2 Å². The number of alkyl halides is 2. The summed E-state index contributed by atoms with van der Waals surface area (Å²) in [6.45, 7) is 0.622. The van der Waals surface area contributed by atoms with Gasteiger partial charge >= 0.3 is 6.61 Å². The molecule has 3 aromatic carbocycles. The third-order valence-electron chi connectivity index (χ3n) is 6.85. The summed E-state index contributed by atoms with van der Waals surface area (Å²) < 4.78 is 56.9. The van der Waals surface area contributed by atoms with E-state index < -0.39 is 24.0 Å². The van der Waals surface area contributed by atoms with E-state index in [2.05, 4.69) is 35.3 Å². The number of rotatable bonds is 7. The molecule has 4 rings (SSSR count). The standard InChI is InChI=1S/C30H28F4O/c1-2-4-20-7-9-21(10-8-20)11-12-22-13-17-26-23(5-3-6-25(26)19-22)14-15-24-16-18-27(35-30(33)34)29(32)28(24)31/h2-3,5-6,13,16-21,30H,1,4,7-12H2. The first kappa shape index (κ1) is 24.9. The maximum atomic E-state index is 14.3. The van der Waals surface area contributed by atoms with Crippen LogP contribution < -0.4 is 4.74 Å². The van der Waals surface area contributed by atoms with E-state index in [1.54, 1.807) is 0 Å². The molecule has 1 fully saturated rings. The molecule has 182 valence electrons. The van der Waals surface area contributed by atoms with E-state index >= 15 is 0 Å². The smallest absolute Gasteiger partial charge is 0.387 e. The number of hydrogen-bond acceptors (Lipinski definition) is 1. The topological polar surface area (TPSA) is 9.23 Å². The van der Waals surface area contributed by atoms with Crippen molar-refractivity contribution in [3.8, 4) is 17.6 Å². The lowest BCUT2D eigenvalue weighted by molar-refractivity contribution is -0.0525. The van der Waals surface area contributed by atoms with Crippen molar-refractivity contribution in [1.29, 1.82) is 0 Å². The van der Waals surface area contributed by atoms with Gasteiger partial charge in [-0.05, 0) is 78.5 Å². The molecule has 0 atom stereocenters. The summed E-state index contributed by atoms with van der Waals surface area (Å²) in [5.41, 5.74) is 1.74. The minimum Gasteiger partial charge on any atom is -0.432 e. The largest absolute Gasteiger partial charge is 0.432 e. The fourth-order valence-corrected chi connectivity index (χ4v) is 4.91. The van der Waals surface area contributed by atoms with Crippen molar-refractivity contribution in [2.45, 2.75) is 51.6 Å². The van der Waals surface area contributed by atoms with Gasteiger partial charge in [0.2, 0.25) is 5.82 Å². The molecule has 0 unspecified atom stereocenters. The lowest BCUT2D eigenvalue weighted by Gasteiger charge is -2.27. The molecule has 1 aliphatic rings. The Labute approximate surface area is 203 Å². The SMILES string of the molecule is C=CCC1CCC(CCc2ccc3c(C#Cc4ccc(OC(F)F)c(F)c4F)cccc3c2)CC1. The zero-order valence-electron chi connectivity index (χ0n) is 19.5. The summed E-state index contributed by atoms with van der Waals surface area (Å²) in [5.74, 6) is 3.47. The quantitative estimate of drug-likeness (QED) is 0.187. The number of hydrogen-bond donors (Lipinski definition) is 0. The van der Waals surface area contributed by atoms with Gasteiger partial charge in [-0.2, -0.15) is 13.2 Å². The Morgan fingerprint density at radius 3 is 2.40 bits per heavy atom. The first-order chi connectivity index (χ1) is 16.9. The Balaban J connectivity index is 1.46. The molecule has 0 radical (unpaired) electrons. The molecule has 0 aliphatic heterocycles. The lowest BCUT2D eigenvalue weighted by Crippen LogP contribution is -2.14. The van der Waals surface area contributed by atoms with Crippen LogP contribution in [0.5, 0.6) is 5.75 Å². The highest BCUT2D eigenvalue weighted by Crippen LogP contribution is 2.33. The van der Waals surface area contributed by atoms with Crippen LogP contribution in [0.2, 0.25) is 0 Å². The Hall–Kier alpha value is -3.26. The Morgan fingerprint density at radius 2 is 1.66 bits per heavy atom. The number of ether oxygens (including phenoxy) is 1. The summed E-state index contributed by atoms with van der Waals surface area (Å²) in [7, 11) is 0. The van der Waals surface area contributed by atoms with Gasteiger partial charge in [0.1, 0.15) is 0 Å². The number of fused-ring (bicyclic) bond motifs is 1. The van der Waals surface area contributed by atoms with Crippen molar-refractivity contribution in [1.82, 2.24) is 0 Å². The van der Waals surface area contributed by atoms with E-state index in [1.807, 2.05) is 30.3 Å². The average Bonchev–Trinajstić information content (AvgIpc) is 2.86. The van der Waals surface area contributed by atoms with Crippen molar-refractivity contribution in [2.75, 3.05) is 0 Å². The highest BCUT2D eigenvalue weighted by Gasteiger charge is 2.20. The highest BCUT2D eigenvalue weighted by atomic mass is 19.3. The predicted octanol–water partition coefficient (Wildman–Crippen LogP) is 8.43. The molecule has 1 aliphatic carbocycles. The van der Waals surface area contributed by atoms with Crippen LogP contribution in [0.15, 0.2) is 61.2 Å². The molecular formula is C30H28F4O. The summed E-state index contributed by atoms with van der Waals surface area (Å²) in [5, 5.41) is 1.96. The van der Waals surface area contributed by atoms with Gasteiger partial charge in [-0.1, -0.05) is 61.1 Å². The van der Waals surface area contributed by atoms with Gasteiger partial charge in [0.15, 0.2) is 11.6 Å². The van der Waals surface area contributed by atoms with Gasteiger partial charge in [-0.25, -0.2) is 4.39 Å². The molecule has 1 nitrogen and oxygen atoms in total. The summed E-state index contributed by atoms with van der Waals surface area (Å²) in [4.78, 5) is 0. The molecule has 0 heterocycles. The van der Waals surface area contributed by atoms with Crippen LogP contribution in [-0.2, 0) is 6.42 Å². The molecular weight excluding hydrogens is 452 g/mol. The third kappa shape index (κ3) is 6.25. The second kappa shape index (κ2) is 11.4.